The number of nitrogens with one attached hydrogen (secondary N) is 1. The van der Waals surface area contributed by atoms with Gasteiger partial charge in [0.1, 0.15) is 0 Å². The molecule has 0 bridgehead atoms. The molecule has 0 saturated carbocycles. The van der Waals surface area contributed by atoms with Crippen LogP contribution in [0.5, 0.6) is 0 Å². The summed E-state index contributed by atoms with van der Waals surface area (Å²) in [7, 11) is 2.78. The van der Waals surface area contributed by atoms with Gasteiger partial charge in [0.05, 0.1) is 12.1 Å². The Bertz CT molecular complexity index is 586. The summed E-state index contributed by atoms with van der Waals surface area (Å²) in [5, 5.41) is 3.46. The zero-order chi connectivity index (χ0) is 17.9. The summed E-state index contributed by atoms with van der Waals surface area (Å²) >= 11 is 0.284. The summed E-state index contributed by atoms with van der Waals surface area (Å²) in [5.41, 5.74) is 3.72. The maximum Gasteiger partial charge on any atom is 0.0812 e. The number of hydrogen-bond donors (Lipinski definition) is 1. The van der Waals surface area contributed by atoms with Gasteiger partial charge in [-0.05, 0) is 41.2 Å². The Morgan fingerprint density at radius 2 is 1.67 bits per heavy atom. The molecular weight excluding hydrogens is 336 g/mol. The van der Waals surface area contributed by atoms with Crippen molar-refractivity contribution in [1.82, 2.24) is 5.32 Å². The molecule has 0 saturated heterocycles. The van der Waals surface area contributed by atoms with Crippen LogP contribution in [0, 0.1) is 5.92 Å². The first-order chi connectivity index (χ1) is 11.6. The average Bonchev–Trinajstić information content (AvgIpc) is 2.62. The smallest absolute Gasteiger partial charge is 0.0812 e. The van der Waals surface area contributed by atoms with Gasteiger partial charge in [-0.15, -0.1) is 9.24 Å². The van der Waals surface area contributed by atoms with Gasteiger partial charge >= 0.3 is 0 Å². The van der Waals surface area contributed by atoms with Crippen molar-refractivity contribution >= 4 is 21.4 Å². The molecule has 2 aromatic rings. The Morgan fingerprint density at radius 1 is 1.04 bits per heavy atom. The molecule has 1 N–H and O–H groups in total. The lowest BCUT2D eigenvalue weighted by Crippen LogP contribution is -2.15. The second kappa shape index (κ2) is 11.6. The van der Waals surface area contributed by atoms with Gasteiger partial charge in [0.15, 0.2) is 0 Å². The van der Waals surface area contributed by atoms with Crippen LogP contribution >= 0.6 is 21.4 Å². The molecule has 0 radical (unpaired) electrons. The zero-order valence-corrected chi connectivity index (χ0v) is 17.0. The predicted octanol–water partition coefficient (Wildman–Crippen LogP) is 6.55. The van der Waals surface area contributed by atoms with Crippen LogP contribution in [-0.2, 0) is 13.0 Å². The molecule has 4 heteroatoms. The van der Waals surface area contributed by atoms with Crippen molar-refractivity contribution in [3.8, 4) is 0 Å². The normalized spacial score (nSPS) is 11.8. The third-order valence-corrected chi connectivity index (χ3v) is 4.55. The summed E-state index contributed by atoms with van der Waals surface area (Å²) in [6.07, 6.45) is 1.12. The van der Waals surface area contributed by atoms with Gasteiger partial charge in [-0.1, -0.05) is 64.1 Å². The summed E-state index contributed by atoms with van der Waals surface area (Å²) in [6, 6.07) is 16.3. The molecule has 0 fully saturated rings. The number of rotatable bonds is 7. The van der Waals surface area contributed by atoms with E-state index >= 15 is 0 Å². The highest BCUT2D eigenvalue weighted by atomic mass is 32.2. The Morgan fingerprint density at radius 3 is 2.25 bits per heavy atom. The fraction of sp³-hybridized carbons (Fsp3) is 0.400. The van der Waals surface area contributed by atoms with Crippen molar-refractivity contribution in [2.45, 2.75) is 51.3 Å². The summed E-state index contributed by atoms with van der Waals surface area (Å²) in [4.78, 5) is 0.643. The van der Waals surface area contributed by atoms with E-state index in [1.807, 2.05) is 32.0 Å². The number of halogens is 1. The van der Waals surface area contributed by atoms with Crippen LogP contribution in [0.1, 0.15) is 50.2 Å². The first-order valence-corrected chi connectivity index (χ1v) is 9.92. The molecule has 2 unspecified atom stereocenters. The molecule has 0 aromatic heterocycles. The van der Waals surface area contributed by atoms with E-state index in [-0.39, 0.29) is 17.9 Å². The van der Waals surface area contributed by atoms with Gasteiger partial charge in [0.25, 0.3) is 0 Å². The molecule has 24 heavy (non-hydrogen) atoms. The minimum absolute atomic E-state index is 0.113. The number of hydrogen-bond acceptors (Lipinski definition) is 2. The van der Waals surface area contributed by atoms with Crippen LogP contribution in [0.15, 0.2) is 53.4 Å². The minimum atomic E-state index is 0.113. The van der Waals surface area contributed by atoms with Crippen molar-refractivity contribution < 1.29 is 3.89 Å². The summed E-state index contributed by atoms with van der Waals surface area (Å²) in [5.74, 6) is 0.795. The van der Waals surface area contributed by atoms with Gasteiger partial charge in [-0.3, -0.25) is 0 Å². The molecule has 2 atom stereocenters. The Kier molecular flexibility index (Phi) is 10.2. The van der Waals surface area contributed by atoms with Gasteiger partial charge in [-0.2, -0.15) is 3.89 Å². The van der Waals surface area contributed by atoms with Gasteiger partial charge in [0, 0.05) is 17.2 Å². The topological polar surface area (TPSA) is 12.0 Å². The molecule has 0 amide bonds. The highest BCUT2D eigenvalue weighted by Gasteiger charge is 2.06. The van der Waals surface area contributed by atoms with Crippen molar-refractivity contribution in [1.29, 1.82) is 0 Å². The van der Waals surface area contributed by atoms with Crippen molar-refractivity contribution in [2.75, 3.05) is 0 Å². The SMILES string of the molecule is CC.CC(C)Cc1ccc(CNC(P)c2cccc(SF)c2)cc1. The fourth-order valence-electron chi connectivity index (χ4n) is 2.37. The Balaban J connectivity index is 0.00000139. The van der Waals surface area contributed by atoms with Crippen molar-refractivity contribution in [2.24, 2.45) is 5.92 Å². The monoisotopic (exact) mass is 365 g/mol. The van der Waals surface area contributed by atoms with Gasteiger partial charge in [-0.25, -0.2) is 0 Å². The molecule has 0 aliphatic heterocycles. The second-order valence-electron chi connectivity index (χ2n) is 5.92. The van der Waals surface area contributed by atoms with E-state index in [4.69, 9.17) is 0 Å². The van der Waals surface area contributed by atoms with Gasteiger partial charge < -0.3 is 5.32 Å². The molecule has 2 aromatic carbocycles. The number of benzene rings is 2. The lowest BCUT2D eigenvalue weighted by atomic mass is 10.0. The van der Waals surface area contributed by atoms with E-state index in [9.17, 15) is 3.89 Å². The van der Waals surface area contributed by atoms with Crippen LogP contribution in [0.25, 0.3) is 0 Å². The Labute approximate surface area is 153 Å². The molecule has 0 heterocycles. The Hall–Kier alpha value is -0.890. The third kappa shape index (κ3) is 7.34. The molecule has 0 aliphatic rings. The quantitative estimate of drug-likeness (QED) is 0.558. The second-order valence-corrected chi connectivity index (χ2v) is 7.22. The lowest BCUT2D eigenvalue weighted by Gasteiger charge is -2.15. The van der Waals surface area contributed by atoms with Gasteiger partial charge in [0.2, 0.25) is 0 Å². The summed E-state index contributed by atoms with van der Waals surface area (Å²) < 4.78 is 12.6. The lowest BCUT2D eigenvalue weighted by molar-refractivity contribution is 0.646. The van der Waals surface area contributed by atoms with E-state index in [1.165, 1.54) is 11.1 Å². The van der Waals surface area contributed by atoms with Crippen LogP contribution in [0.3, 0.4) is 0 Å². The van der Waals surface area contributed by atoms with Crippen molar-refractivity contribution in [3.63, 3.8) is 0 Å². The third-order valence-electron chi connectivity index (χ3n) is 3.50. The molecular formula is C20H29FNPS. The van der Waals surface area contributed by atoms with Crippen LogP contribution < -0.4 is 5.32 Å². The largest absolute Gasteiger partial charge is 0.303 e. The fourth-order valence-corrected chi connectivity index (χ4v) is 3.00. The molecule has 132 valence electrons. The van der Waals surface area contributed by atoms with E-state index < -0.39 is 0 Å². The predicted molar refractivity (Wildman–Crippen MR) is 109 cm³/mol. The van der Waals surface area contributed by atoms with Crippen LogP contribution in [0.2, 0.25) is 0 Å². The molecule has 0 aliphatic carbocycles. The maximum atomic E-state index is 12.6. The zero-order valence-electron chi connectivity index (χ0n) is 15.1. The van der Waals surface area contributed by atoms with E-state index in [0.29, 0.717) is 10.8 Å². The molecule has 1 nitrogen and oxygen atoms in total. The van der Waals surface area contributed by atoms with Crippen LogP contribution in [-0.4, -0.2) is 0 Å². The van der Waals surface area contributed by atoms with E-state index in [0.717, 1.165) is 18.5 Å². The highest BCUT2D eigenvalue weighted by molar-refractivity contribution is 7.94. The van der Waals surface area contributed by atoms with E-state index in [2.05, 4.69) is 52.7 Å². The molecule has 0 spiro atoms. The van der Waals surface area contributed by atoms with Crippen molar-refractivity contribution in [3.05, 3.63) is 65.2 Å². The summed E-state index contributed by atoms with van der Waals surface area (Å²) in [6.45, 7) is 9.26. The van der Waals surface area contributed by atoms with Crippen LogP contribution in [0.4, 0.5) is 3.89 Å². The highest BCUT2D eigenvalue weighted by Crippen LogP contribution is 2.26. The maximum absolute atomic E-state index is 12.6. The first-order valence-electron chi connectivity index (χ1n) is 8.54. The minimum Gasteiger partial charge on any atom is -0.303 e. The first kappa shape index (κ1) is 21.2. The standard InChI is InChI=1S/C18H23FNPS.C2H6/c1-13(2)10-14-6-8-15(9-7-14)12-20-18(21)16-4-3-5-17(11-16)22-19;1-2/h3-9,11,13,18,20H,10,12,21H2,1-2H3;1-2H3. The molecule has 2 rings (SSSR count). The average molecular weight is 365 g/mol. The van der Waals surface area contributed by atoms with E-state index in [1.54, 1.807) is 6.07 Å².